The molecule has 174 valence electrons. The maximum absolute atomic E-state index is 12.7. The zero-order chi connectivity index (χ0) is 23.0. The molecule has 0 spiro atoms. The lowest BCUT2D eigenvalue weighted by Crippen LogP contribution is -2.41. The first-order chi connectivity index (χ1) is 16.1. The molecule has 1 aliphatic heterocycles. The number of hydrogen-bond acceptors (Lipinski definition) is 7. The van der Waals surface area contributed by atoms with E-state index in [-0.39, 0.29) is 12.0 Å². The zero-order valence-corrected chi connectivity index (χ0v) is 19.1. The van der Waals surface area contributed by atoms with Crippen molar-refractivity contribution >= 4 is 5.91 Å². The maximum Gasteiger partial charge on any atom is 0.289 e. The van der Waals surface area contributed by atoms with Gasteiger partial charge in [-0.2, -0.15) is 0 Å². The number of carbonyl (C=O) groups is 1. The Kier molecular flexibility index (Phi) is 7.70. The van der Waals surface area contributed by atoms with Crippen LogP contribution in [-0.2, 0) is 24.4 Å². The highest BCUT2D eigenvalue weighted by molar-refractivity contribution is 5.91. The lowest BCUT2D eigenvalue weighted by Gasteiger charge is -2.31. The molecule has 4 rings (SSSR count). The van der Waals surface area contributed by atoms with Crippen LogP contribution in [0.2, 0.25) is 0 Å². The summed E-state index contributed by atoms with van der Waals surface area (Å²) in [7, 11) is 3.66. The second kappa shape index (κ2) is 11.1. The van der Waals surface area contributed by atoms with E-state index in [1.807, 2.05) is 17.0 Å². The fourth-order valence-corrected chi connectivity index (χ4v) is 4.01. The smallest absolute Gasteiger partial charge is 0.289 e. The molecule has 8 nitrogen and oxygen atoms in total. The molecule has 1 aromatic carbocycles. The van der Waals surface area contributed by atoms with Crippen LogP contribution in [0.1, 0.15) is 40.4 Å². The van der Waals surface area contributed by atoms with Crippen molar-refractivity contribution in [2.75, 3.05) is 27.2 Å². The summed E-state index contributed by atoms with van der Waals surface area (Å²) in [5.41, 5.74) is 2.12. The van der Waals surface area contributed by atoms with Crippen LogP contribution in [0.3, 0.4) is 0 Å². The fourth-order valence-electron chi connectivity index (χ4n) is 4.01. The minimum atomic E-state index is -0.0797. The van der Waals surface area contributed by atoms with E-state index in [2.05, 4.69) is 34.0 Å². The molecular weight excluding hydrogens is 420 g/mol. The molecule has 1 amide bonds. The van der Waals surface area contributed by atoms with Crippen LogP contribution in [0.5, 0.6) is 5.75 Å². The molecule has 2 aromatic heterocycles. The number of hydrogen-bond donors (Lipinski definition) is 0. The maximum atomic E-state index is 12.7. The molecular formula is C25H30N4O4. The van der Waals surface area contributed by atoms with E-state index < -0.39 is 0 Å². The molecule has 1 aliphatic rings. The van der Waals surface area contributed by atoms with Gasteiger partial charge in [0.2, 0.25) is 0 Å². The summed E-state index contributed by atoms with van der Waals surface area (Å²) in [5.74, 6) is 1.80. The lowest BCUT2D eigenvalue weighted by atomic mass is 10.1. The molecule has 33 heavy (non-hydrogen) atoms. The number of likely N-dealkylation sites (tertiary alicyclic amines) is 1. The number of piperidine rings is 1. The summed E-state index contributed by atoms with van der Waals surface area (Å²) in [6.07, 6.45) is 6.84. The number of carbonyl (C=O) groups excluding carboxylic acids is 1. The van der Waals surface area contributed by atoms with Gasteiger partial charge in [0, 0.05) is 64.7 Å². The molecule has 8 heteroatoms. The Morgan fingerprint density at radius 1 is 1.18 bits per heavy atom. The van der Waals surface area contributed by atoms with E-state index in [0.717, 1.165) is 37.4 Å². The lowest BCUT2D eigenvalue weighted by molar-refractivity contribution is 0.0561. The van der Waals surface area contributed by atoms with E-state index in [1.165, 1.54) is 5.56 Å². The first-order valence-corrected chi connectivity index (χ1v) is 11.2. The molecule has 3 aromatic rings. The SMILES string of the molecule is COCc1ccc(C(=O)N2CCC(Oc3cccc(CN(C)Cc4cnccn4)c3)CC2)o1. The minimum Gasteiger partial charge on any atom is -0.490 e. The third-order valence-electron chi connectivity index (χ3n) is 5.59. The van der Waals surface area contributed by atoms with Gasteiger partial charge in [0.1, 0.15) is 24.2 Å². The van der Waals surface area contributed by atoms with E-state index >= 15 is 0 Å². The number of nitrogens with zero attached hydrogens (tertiary/aromatic N) is 4. The minimum absolute atomic E-state index is 0.0797. The molecule has 0 aliphatic carbocycles. The Bertz CT molecular complexity index is 1030. The van der Waals surface area contributed by atoms with Crippen molar-refractivity contribution in [1.82, 2.24) is 19.8 Å². The second-order valence-electron chi connectivity index (χ2n) is 8.32. The van der Waals surface area contributed by atoms with E-state index in [1.54, 1.807) is 37.8 Å². The zero-order valence-electron chi connectivity index (χ0n) is 19.1. The van der Waals surface area contributed by atoms with E-state index in [9.17, 15) is 4.79 Å². The van der Waals surface area contributed by atoms with Gasteiger partial charge in [-0.3, -0.25) is 19.7 Å². The summed E-state index contributed by atoms with van der Waals surface area (Å²) in [6, 6.07) is 11.7. The van der Waals surface area contributed by atoms with Crippen LogP contribution in [0.4, 0.5) is 0 Å². The number of amides is 1. The van der Waals surface area contributed by atoms with Gasteiger partial charge in [-0.05, 0) is 36.9 Å². The summed E-state index contributed by atoms with van der Waals surface area (Å²) < 4.78 is 16.9. The van der Waals surface area contributed by atoms with Gasteiger partial charge < -0.3 is 18.8 Å². The third kappa shape index (κ3) is 6.40. The molecule has 1 saturated heterocycles. The topological polar surface area (TPSA) is 80.9 Å². The highest BCUT2D eigenvalue weighted by atomic mass is 16.5. The van der Waals surface area contributed by atoms with Crippen molar-refractivity contribution in [2.45, 2.75) is 38.6 Å². The standard InChI is InChI=1S/C25H30N4O4/c1-28(17-20-15-26-10-11-27-20)16-19-4-3-5-22(14-19)32-21-8-12-29(13-9-21)25(30)24-7-6-23(33-24)18-31-2/h3-7,10-11,14-15,21H,8-9,12-13,16-18H2,1-2H3. The molecule has 0 radical (unpaired) electrons. The average molecular weight is 451 g/mol. The number of aromatic nitrogens is 2. The van der Waals surface area contributed by atoms with E-state index in [4.69, 9.17) is 13.9 Å². The number of furan rings is 1. The molecule has 0 bridgehead atoms. The van der Waals surface area contributed by atoms with Crippen LogP contribution in [0, 0.1) is 0 Å². The van der Waals surface area contributed by atoms with Crippen molar-refractivity contribution in [3.63, 3.8) is 0 Å². The Balaban J connectivity index is 1.26. The average Bonchev–Trinajstić information content (AvgIpc) is 3.29. The molecule has 0 atom stereocenters. The summed E-state index contributed by atoms with van der Waals surface area (Å²) in [6.45, 7) is 3.16. The van der Waals surface area contributed by atoms with Gasteiger partial charge in [0.25, 0.3) is 5.91 Å². The Labute approximate surface area is 194 Å². The van der Waals surface area contributed by atoms with Crippen molar-refractivity contribution in [3.05, 3.63) is 77.8 Å². The second-order valence-corrected chi connectivity index (χ2v) is 8.32. The quantitative estimate of drug-likeness (QED) is 0.493. The van der Waals surface area contributed by atoms with Gasteiger partial charge in [0.05, 0.1) is 5.69 Å². The van der Waals surface area contributed by atoms with Crippen molar-refractivity contribution < 1.29 is 18.7 Å². The number of methoxy groups -OCH3 is 1. The van der Waals surface area contributed by atoms with Crippen LogP contribution >= 0.6 is 0 Å². The first kappa shape index (κ1) is 22.9. The van der Waals surface area contributed by atoms with Crippen LogP contribution in [0.15, 0.2) is 59.4 Å². The summed E-state index contributed by atoms with van der Waals surface area (Å²) in [5, 5.41) is 0. The Hall–Kier alpha value is -3.23. The predicted octanol–water partition coefficient (Wildman–Crippen LogP) is 3.53. The molecule has 3 heterocycles. The van der Waals surface area contributed by atoms with Crippen molar-refractivity contribution in [3.8, 4) is 5.75 Å². The van der Waals surface area contributed by atoms with Crippen molar-refractivity contribution in [2.24, 2.45) is 0 Å². The Morgan fingerprint density at radius 2 is 2.03 bits per heavy atom. The van der Waals surface area contributed by atoms with Gasteiger partial charge in [-0.1, -0.05) is 12.1 Å². The molecule has 0 unspecified atom stereocenters. The molecule has 0 saturated carbocycles. The van der Waals surface area contributed by atoms with Crippen LogP contribution in [0.25, 0.3) is 0 Å². The largest absolute Gasteiger partial charge is 0.490 e. The monoisotopic (exact) mass is 450 g/mol. The predicted molar refractivity (Wildman–Crippen MR) is 123 cm³/mol. The summed E-state index contributed by atoms with van der Waals surface area (Å²) >= 11 is 0. The van der Waals surface area contributed by atoms with Gasteiger partial charge in [0.15, 0.2) is 5.76 Å². The van der Waals surface area contributed by atoms with Crippen LogP contribution in [-0.4, -0.2) is 59.0 Å². The normalized spacial score (nSPS) is 14.6. The first-order valence-electron chi connectivity index (χ1n) is 11.2. The highest BCUT2D eigenvalue weighted by Gasteiger charge is 2.26. The fraction of sp³-hybridized carbons (Fsp3) is 0.400. The van der Waals surface area contributed by atoms with Gasteiger partial charge in [-0.15, -0.1) is 0 Å². The number of benzene rings is 1. The molecule has 1 fully saturated rings. The number of ether oxygens (including phenoxy) is 2. The number of rotatable bonds is 9. The Morgan fingerprint density at radius 3 is 2.79 bits per heavy atom. The van der Waals surface area contributed by atoms with Gasteiger partial charge in [-0.25, -0.2) is 0 Å². The van der Waals surface area contributed by atoms with Gasteiger partial charge >= 0.3 is 0 Å². The van der Waals surface area contributed by atoms with Crippen LogP contribution < -0.4 is 4.74 Å². The van der Waals surface area contributed by atoms with Crippen molar-refractivity contribution in [1.29, 1.82) is 0 Å². The third-order valence-corrected chi connectivity index (χ3v) is 5.59. The summed E-state index contributed by atoms with van der Waals surface area (Å²) in [4.78, 5) is 25.2. The molecule has 0 N–H and O–H groups in total. The highest BCUT2D eigenvalue weighted by Crippen LogP contribution is 2.22. The van der Waals surface area contributed by atoms with E-state index in [0.29, 0.717) is 31.2 Å².